The van der Waals surface area contributed by atoms with E-state index in [-0.39, 0.29) is 0 Å². The van der Waals surface area contributed by atoms with Gasteiger partial charge in [-0.2, -0.15) is 0 Å². The van der Waals surface area contributed by atoms with Crippen LogP contribution in [-0.4, -0.2) is 11.8 Å². The Bertz CT molecular complexity index is 737. The van der Waals surface area contributed by atoms with Gasteiger partial charge in [-0.05, 0) is 11.5 Å². The summed E-state index contributed by atoms with van der Waals surface area (Å²) < 4.78 is 10.8. The van der Waals surface area contributed by atoms with E-state index in [1.165, 1.54) is 5.39 Å². The number of pyridine rings is 1. The van der Waals surface area contributed by atoms with Gasteiger partial charge < -0.3 is 9.47 Å². The van der Waals surface area contributed by atoms with Crippen molar-refractivity contribution in [2.24, 2.45) is 0 Å². The Morgan fingerprint density at radius 2 is 1.76 bits per heavy atom. The fourth-order valence-electron chi connectivity index (χ4n) is 2.25. The topological polar surface area (TPSA) is 31.4 Å². The lowest BCUT2D eigenvalue weighted by Gasteiger charge is -2.04. The van der Waals surface area contributed by atoms with Crippen LogP contribution in [0.5, 0.6) is 11.5 Å². The first kappa shape index (κ1) is 8.82. The second-order valence-electron chi connectivity index (χ2n) is 4.07. The minimum absolute atomic E-state index is 0.295. The Morgan fingerprint density at radius 3 is 2.71 bits per heavy atom. The van der Waals surface area contributed by atoms with Gasteiger partial charge in [0, 0.05) is 23.0 Å². The highest BCUT2D eigenvalue weighted by molar-refractivity contribution is 6.06. The summed E-state index contributed by atoms with van der Waals surface area (Å²) in [4.78, 5) is 4.45. The van der Waals surface area contributed by atoms with Gasteiger partial charge >= 0.3 is 0 Å². The van der Waals surface area contributed by atoms with Crippen LogP contribution in [0.3, 0.4) is 0 Å². The van der Waals surface area contributed by atoms with Gasteiger partial charge in [-0.25, -0.2) is 0 Å². The molecule has 1 aliphatic heterocycles. The van der Waals surface area contributed by atoms with E-state index in [4.69, 9.17) is 9.47 Å². The first-order valence-corrected chi connectivity index (χ1v) is 5.49. The van der Waals surface area contributed by atoms with Gasteiger partial charge in [0.15, 0.2) is 11.5 Å². The van der Waals surface area contributed by atoms with Crippen molar-refractivity contribution in [1.29, 1.82) is 0 Å². The van der Waals surface area contributed by atoms with Crippen LogP contribution in [0, 0.1) is 0 Å². The molecule has 0 spiro atoms. The van der Waals surface area contributed by atoms with E-state index in [2.05, 4.69) is 17.1 Å². The summed E-state index contributed by atoms with van der Waals surface area (Å²) in [5, 5.41) is 3.43. The van der Waals surface area contributed by atoms with E-state index >= 15 is 0 Å². The Morgan fingerprint density at radius 1 is 0.941 bits per heavy atom. The maximum Gasteiger partial charge on any atom is 0.231 e. The summed E-state index contributed by atoms with van der Waals surface area (Å²) in [5.41, 5.74) is 0.938. The summed E-state index contributed by atoms with van der Waals surface area (Å²) in [5.74, 6) is 1.58. The van der Waals surface area contributed by atoms with Crippen molar-refractivity contribution in [2.45, 2.75) is 0 Å². The zero-order valence-corrected chi connectivity index (χ0v) is 9.01. The van der Waals surface area contributed by atoms with Gasteiger partial charge in [-0.1, -0.05) is 24.3 Å². The molecule has 2 heterocycles. The molecule has 3 aromatic rings. The van der Waals surface area contributed by atoms with Gasteiger partial charge in [0.25, 0.3) is 0 Å². The van der Waals surface area contributed by atoms with E-state index < -0.39 is 0 Å². The number of benzene rings is 2. The van der Waals surface area contributed by atoms with Crippen LogP contribution < -0.4 is 9.47 Å². The monoisotopic (exact) mass is 223 g/mol. The average molecular weight is 223 g/mol. The highest BCUT2D eigenvalue weighted by Crippen LogP contribution is 2.37. The summed E-state index contributed by atoms with van der Waals surface area (Å²) in [6, 6.07) is 12.2. The predicted molar refractivity (Wildman–Crippen MR) is 65.4 cm³/mol. The molecule has 0 amide bonds. The molecule has 2 aromatic carbocycles. The number of hydrogen-bond donors (Lipinski definition) is 0. The van der Waals surface area contributed by atoms with Crippen LogP contribution in [0.4, 0.5) is 0 Å². The van der Waals surface area contributed by atoms with E-state index in [0.29, 0.717) is 6.79 Å². The fourth-order valence-corrected chi connectivity index (χ4v) is 2.25. The van der Waals surface area contributed by atoms with Gasteiger partial charge in [0.05, 0.1) is 5.52 Å². The van der Waals surface area contributed by atoms with Crippen LogP contribution in [-0.2, 0) is 0 Å². The molecule has 0 aliphatic carbocycles. The number of rotatable bonds is 0. The van der Waals surface area contributed by atoms with Crippen molar-refractivity contribution in [3.8, 4) is 11.5 Å². The molecule has 0 radical (unpaired) electrons. The third-order valence-electron chi connectivity index (χ3n) is 3.08. The SMILES string of the molecule is c1ccc2c(c1)cnc1cc3c(cc12)OCO3. The number of ether oxygens (including phenoxy) is 2. The Hall–Kier alpha value is -2.29. The molecule has 0 unspecified atom stereocenters. The number of nitrogens with zero attached hydrogens (tertiary/aromatic N) is 1. The van der Waals surface area contributed by atoms with Crippen molar-refractivity contribution in [2.75, 3.05) is 6.79 Å². The number of hydrogen-bond acceptors (Lipinski definition) is 3. The molecule has 82 valence electrons. The zero-order chi connectivity index (χ0) is 11.2. The predicted octanol–water partition coefficient (Wildman–Crippen LogP) is 3.12. The quantitative estimate of drug-likeness (QED) is 0.549. The molecule has 3 nitrogen and oxygen atoms in total. The molecular formula is C14H9NO2. The lowest BCUT2D eigenvalue weighted by Crippen LogP contribution is -1.92. The molecule has 0 saturated heterocycles. The fraction of sp³-hybridized carbons (Fsp3) is 0.0714. The Labute approximate surface area is 97.6 Å². The van der Waals surface area contributed by atoms with Crippen LogP contribution in [0.1, 0.15) is 0 Å². The first-order chi connectivity index (χ1) is 8.42. The molecular weight excluding hydrogens is 214 g/mol. The molecule has 4 rings (SSSR count). The van der Waals surface area contributed by atoms with Crippen molar-refractivity contribution >= 4 is 21.7 Å². The highest BCUT2D eigenvalue weighted by atomic mass is 16.7. The second-order valence-corrected chi connectivity index (χ2v) is 4.07. The van der Waals surface area contributed by atoms with Gasteiger partial charge in [0.2, 0.25) is 6.79 Å². The smallest absolute Gasteiger partial charge is 0.231 e. The molecule has 1 aliphatic rings. The molecule has 17 heavy (non-hydrogen) atoms. The maximum absolute atomic E-state index is 5.41. The van der Waals surface area contributed by atoms with Crippen LogP contribution in [0.15, 0.2) is 42.6 Å². The summed E-state index contributed by atoms with van der Waals surface area (Å²) in [6.45, 7) is 0.295. The van der Waals surface area contributed by atoms with E-state index in [1.54, 1.807) is 0 Å². The first-order valence-electron chi connectivity index (χ1n) is 5.49. The zero-order valence-electron chi connectivity index (χ0n) is 9.01. The van der Waals surface area contributed by atoms with Crippen molar-refractivity contribution in [3.05, 3.63) is 42.6 Å². The molecule has 0 fully saturated rings. The standard InChI is InChI=1S/C14H9NO2/c1-2-4-10-9(3-1)7-15-12-6-14-13(5-11(10)12)16-8-17-14/h1-7H,8H2. The van der Waals surface area contributed by atoms with Crippen molar-refractivity contribution < 1.29 is 9.47 Å². The molecule has 0 atom stereocenters. The summed E-state index contributed by atoms with van der Waals surface area (Å²) in [6.07, 6.45) is 1.89. The lowest BCUT2D eigenvalue weighted by atomic mass is 10.1. The largest absolute Gasteiger partial charge is 0.454 e. The minimum Gasteiger partial charge on any atom is -0.454 e. The summed E-state index contributed by atoms with van der Waals surface area (Å²) >= 11 is 0. The van der Waals surface area contributed by atoms with E-state index in [0.717, 1.165) is 27.8 Å². The van der Waals surface area contributed by atoms with E-state index in [9.17, 15) is 0 Å². The second kappa shape index (κ2) is 3.10. The Balaban J connectivity index is 2.19. The maximum atomic E-state index is 5.41. The minimum atomic E-state index is 0.295. The molecule has 0 N–H and O–H groups in total. The van der Waals surface area contributed by atoms with Crippen LogP contribution in [0.25, 0.3) is 21.7 Å². The number of aromatic nitrogens is 1. The molecule has 3 heteroatoms. The average Bonchev–Trinajstić information content (AvgIpc) is 2.83. The summed E-state index contributed by atoms with van der Waals surface area (Å²) in [7, 11) is 0. The highest BCUT2D eigenvalue weighted by Gasteiger charge is 2.15. The lowest BCUT2D eigenvalue weighted by molar-refractivity contribution is 0.174. The van der Waals surface area contributed by atoms with Crippen LogP contribution in [0.2, 0.25) is 0 Å². The normalized spacial score (nSPS) is 13.4. The molecule has 1 aromatic heterocycles. The van der Waals surface area contributed by atoms with Gasteiger partial charge in [-0.15, -0.1) is 0 Å². The van der Waals surface area contributed by atoms with Crippen molar-refractivity contribution in [1.82, 2.24) is 4.98 Å². The third-order valence-corrected chi connectivity index (χ3v) is 3.08. The van der Waals surface area contributed by atoms with Gasteiger partial charge in [-0.3, -0.25) is 4.98 Å². The van der Waals surface area contributed by atoms with Crippen LogP contribution >= 0.6 is 0 Å². The van der Waals surface area contributed by atoms with Crippen molar-refractivity contribution in [3.63, 3.8) is 0 Å². The molecule has 0 saturated carbocycles. The number of fused-ring (bicyclic) bond motifs is 4. The molecule has 0 bridgehead atoms. The third kappa shape index (κ3) is 1.19. The van der Waals surface area contributed by atoms with E-state index in [1.807, 2.05) is 30.5 Å². The van der Waals surface area contributed by atoms with Gasteiger partial charge in [0.1, 0.15) is 0 Å². The Kier molecular flexibility index (Phi) is 1.61.